The molecule has 1 heterocycles. The highest BCUT2D eigenvalue weighted by molar-refractivity contribution is 5.97. The molecule has 0 aliphatic heterocycles. The van der Waals surface area contributed by atoms with E-state index >= 15 is 0 Å². The van der Waals surface area contributed by atoms with Crippen LogP contribution in [0.1, 0.15) is 32.9 Å². The molecule has 0 radical (unpaired) electrons. The molecule has 0 aliphatic rings. The molecule has 1 amide bonds. The Morgan fingerprint density at radius 2 is 1.55 bits per heavy atom. The van der Waals surface area contributed by atoms with Gasteiger partial charge in [-0.2, -0.15) is 0 Å². The summed E-state index contributed by atoms with van der Waals surface area (Å²) in [7, 11) is 0. The first kappa shape index (κ1) is 21.8. The van der Waals surface area contributed by atoms with Gasteiger partial charge in [-0.25, -0.2) is 4.79 Å². The van der Waals surface area contributed by atoms with Crippen molar-refractivity contribution in [1.82, 2.24) is 4.57 Å². The third kappa shape index (κ3) is 4.80. The van der Waals surface area contributed by atoms with Crippen molar-refractivity contribution in [2.75, 3.05) is 11.9 Å². The van der Waals surface area contributed by atoms with Gasteiger partial charge >= 0.3 is 5.97 Å². The number of carbonyl (C=O) groups excluding carboxylic acids is 2. The number of amides is 1. The molecule has 1 aromatic heterocycles. The molecule has 2 aromatic carbocycles. The van der Waals surface area contributed by atoms with E-state index in [0.717, 1.165) is 28.2 Å². The monoisotopic (exact) mass is 421 g/mol. The number of ether oxygens (including phenoxy) is 1. The smallest absolute Gasteiger partial charge is 0.338 e. The van der Waals surface area contributed by atoms with E-state index in [-0.39, 0.29) is 11.4 Å². The minimum atomic E-state index is -0.657. The van der Waals surface area contributed by atoms with Crippen molar-refractivity contribution in [3.63, 3.8) is 0 Å². The number of hydrogen-bond donors (Lipinski definition) is 1. The second-order valence-corrected chi connectivity index (χ2v) is 7.33. The minimum absolute atomic E-state index is 0.0657. The zero-order valence-electron chi connectivity index (χ0n) is 17.8. The van der Waals surface area contributed by atoms with Crippen LogP contribution in [0.4, 0.5) is 11.4 Å². The average molecular weight is 421 g/mol. The first-order valence-electron chi connectivity index (χ1n) is 9.65. The number of benzene rings is 2. The number of anilines is 1. The predicted molar refractivity (Wildman–Crippen MR) is 117 cm³/mol. The fourth-order valence-corrected chi connectivity index (χ4v) is 3.28. The van der Waals surface area contributed by atoms with Crippen LogP contribution in [0.2, 0.25) is 0 Å². The van der Waals surface area contributed by atoms with Gasteiger partial charge in [0.2, 0.25) is 0 Å². The number of carbonyl (C=O) groups is 2. The van der Waals surface area contributed by atoms with Gasteiger partial charge in [0, 0.05) is 23.1 Å². The van der Waals surface area contributed by atoms with Gasteiger partial charge in [-0.15, -0.1) is 0 Å². The Bertz CT molecular complexity index is 1140. The molecule has 0 saturated carbocycles. The van der Waals surface area contributed by atoms with Gasteiger partial charge in [0.15, 0.2) is 6.61 Å². The molecular weight excluding hydrogens is 398 g/mol. The lowest BCUT2D eigenvalue weighted by molar-refractivity contribution is -0.384. The van der Waals surface area contributed by atoms with E-state index in [4.69, 9.17) is 4.74 Å². The molecule has 0 saturated heterocycles. The Morgan fingerprint density at radius 1 is 0.968 bits per heavy atom. The van der Waals surface area contributed by atoms with Gasteiger partial charge in [-0.3, -0.25) is 14.9 Å². The Labute approximate surface area is 179 Å². The molecule has 3 rings (SSSR count). The van der Waals surface area contributed by atoms with Gasteiger partial charge < -0.3 is 14.6 Å². The maximum absolute atomic E-state index is 12.3. The van der Waals surface area contributed by atoms with Crippen molar-refractivity contribution in [2.45, 2.75) is 27.7 Å². The fourth-order valence-electron chi connectivity index (χ4n) is 3.28. The normalized spacial score (nSPS) is 10.6. The molecule has 0 atom stereocenters. The molecule has 8 heteroatoms. The van der Waals surface area contributed by atoms with E-state index in [1.807, 2.05) is 26.0 Å². The lowest BCUT2D eigenvalue weighted by atomic mass is 10.1. The van der Waals surface area contributed by atoms with Gasteiger partial charge in [0.25, 0.3) is 11.6 Å². The first-order valence-corrected chi connectivity index (χ1v) is 9.65. The van der Waals surface area contributed by atoms with Crippen molar-refractivity contribution in [3.8, 4) is 5.69 Å². The van der Waals surface area contributed by atoms with Crippen LogP contribution in [-0.4, -0.2) is 28.0 Å². The zero-order valence-corrected chi connectivity index (χ0v) is 17.8. The molecule has 0 spiro atoms. The van der Waals surface area contributed by atoms with Crippen LogP contribution in [0.5, 0.6) is 0 Å². The summed E-state index contributed by atoms with van der Waals surface area (Å²) in [6.07, 6.45) is 0. The van der Waals surface area contributed by atoms with Crippen LogP contribution in [-0.2, 0) is 9.53 Å². The molecular formula is C23H23N3O5. The second-order valence-electron chi connectivity index (χ2n) is 7.33. The Hall–Kier alpha value is -3.94. The molecule has 0 bridgehead atoms. The van der Waals surface area contributed by atoms with Crippen molar-refractivity contribution in [2.24, 2.45) is 0 Å². The number of esters is 1. The molecule has 3 aromatic rings. The highest BCUT2D eigenvalue weighted by Gasteiger charge is 2.18. The molecule has 0 aliphatic carbocycles. The standard InChI is InChI=1S/C23H23N3O5/c1-14-11-20(21(26(29)30)12-15(14)2)24-22(27)13-31-23(28)18-7-9-19(10-8-18)25-16(3)5-6-17(25)4/h5-12H,13H2,1-4H3,(H,24,27). The third-order valence-electron chi connectivity index (χ3n) is 5.05. The molecule has 0 fully saturated rings. The van der Waals surface area contributed by atoms with Gasteiger partial charge in [-0.1, -0.05) is 0 Å². The lowest BCUT2D eigenvalue weighted by Crippen LogP contribution is -2.21. The van der Waals surface area contributed by atoms with Crippen LogP contribution < -0.4 is 5.32 Å². The first-order chi connectivity index (χ1) is 14.7. The van der Waals surface area contributed by atoms with E-state index in [2.05, 4.69) is 9.88 Å². The molecule has 0 unspecified atom stereocenters. The Balaban J connectivity index is 1.64. The summed E-state index contributed by atoms with van der Waals surface area (Å²) in [5, 5.41) is 13.7. The van der Waals surface area contributed by atoms with Gasteiger partial charge in [0.05, 0.1) is 10.5 Å². The van der Waals surface area contributed by atoms with Gasteiger partial charge in [-0.05, 0) is 81.3 Å². The zero-order chi connectivity index (χ0) is 22.7. The number of aryl methyl sites for hydroxylation is 4. The summed E-state index contributed by atoms with van der Waals surface area (Å²) in [6, 6.07) is 13.8. The molecule has 8 nitrogen and oxygen atoms in total. The predicted octanol–water partition coefficient (Wildman–Crippen LogP) is 4.41. The van der Waals surface area contributed by atoms with E-state index in [0.29, 0.717) is 5.56 Å². The Kier molecular flexibility index (Phi) is 6.20. The molecule has 160 valence electrons. The maximum atomic E-state index is 12.3. The van der Waals surface area contributed by atoms with Crippen molar-refractivity contribution in [1.29, 1.82) is 0 Å². The number of nitro groups is 1. The summed E-state index contributed by atoms with van der Waals surface area (Å²) < 4.78 is 7.12. The number of nitro benzene ring substituents is 1. The fraction of sp³-hybridized carbons (Fsp3) is 0.217. The van der Waals surface area contributed by atoms with Crippen LogP contribution in [0.15, 0.2) is 48.5 Å². The largest absolute Gasteiger partial charge is 0.452 e. The Morgan fingerprint density at radius 3 is 2.13 bits per heavy atom. The number of nitrogens with zero attached hydrogens (tertiary/aromatic N) is 2. The van der Waals surface area contributed by atoms with Crippen LogP contribution in [0.25, 0.3) is 5.69 Å². The number of hydrogen-bond acceptors (Lipinski definition) is 5. The third-order valence-corrected chi connectivity index (χ3v) is 5.05. The van der Waals surface area contributed by atoms with E-state index in [1.165, 1.54) is 12.1 Å². The van der Waals surface area contributed by atoms with E-state index in [9.17, 15) is 19.7 Å². The highest BCUT2D eigenvalue weighted by Crippen LogP contribution is 2.28. The molecule has 1 N–H and O–H groups in total. The quantitative estimate of drug-likeness (QED) is 0.361. The van der Waals surface area contributed by atoms with Crippen molar-refractivity contribution >= 4 is 23.3 Å². The second kappa shape index (κ2) is 8.83. The van der Waals surface area contributed by atoms with Crippen molar-refractivity contribution < 1.29 is 19.2 Å². The maximum Gasteiger partial charge on any atom is 0.338 e. The van der Waals surface area contributed by atoms with E-state index in [1.54, 1.807) is 38.1 Å². The summed E-state index contributed by atoms with van der Waals surface area (Å²) >= 11 is 0. The number of aromatic nitrogens is 1. The SMILES string of the molecule is Cc1cc(NC(=O)COC(=O)c2ccc(-n3c(C)ccc3C)cc2)c([N+](=O)[O-])cc1C. The lowest BCUT2D eigenvalue weighted by Gasteiger charge is -2.11. The topological polar surface area (TPSA) is 103 Å². The van der Waals surface area contributed by atoms with Crippen LogP contribution in [0, 0.1) is 37.8 Å². The van der Waals surface area contributed by atoms with Gasteiger partial charge in [0.1, 0.15) is 5.69 Å². The van der Waals surface area contributed by atoms with Crippen LogP contribution in [0.3, 0.4) is 0 Å². The summed E-state index contributed by atoms with van der Waals surface area (Å²) in [6.45, 7) is 6.97. The summed E-state index contributed by atoms with van der Waals surface area (Å²) in [4.78, 5) is 35.2. The summed E-state index contributed by atoms with van der Waals surface area (Å²) in [5.41, 5.74) is 4.75. The highest BCUT2D eigenvalue weighted by atomic mass is 16.6. The minimum Gasteiger partial charge on any atom is -0.452 e. The van der Waals surface area contributed by atoms with Crippen LogP contribution >= 0.6 is 0 Å². The average Bonchev–Trinajstić information content (AvgIpc) is 3.06. The number of rotatable bonds is 6. The van der Waals surface area contributed by atoms with Crippen molar-refractivity contribution in [3.05, 3.63) is 86.7 Å². The number of nitrogens with one attached hydrogen (secondary N) is 1. The molecule has 31 heavy (non-hydrogen) atoms. The van der Waals surface area contributed by atoms with E-state index < -0.39 is 23.4 Å². The summed E-state index contributed by atoms with van der Waals surface area (Å²) in [5.74, 6) is -1.31.